The molecule has 0 saturated carbocycles. The van der Waals surface area contributed by atoms with Gasteiger partial charge in [-0.3, -0.25) is 0 Å². The first-order valence-electron chi connectivity index (χ1n) is 6.32. The van der Waals surface area contributed by atoms with Crippen molar-refractivity contribution in [1.29, 1.82) is 0 Å². The first-order valence-corrected chi connectivity index (χ1v) is 6.32. The molecule has 0 aliphatic carbocycles. The van der Waals surface area contributed by atoms with Crippen LogP contribution in [0.2, 0.25) is 0 Å². The van der Waals surface area contributed by atoms with E-state index < -0.39 is 5.82 Å². The van der Waals surface area contributed by atoms with E-state index >= 15 is 0 Å². The third-order valence-electron chi connectivity index (χ3n) is 2.48. The molecule has 1 rings (SSSR count). The van der Waals surface area contributed by atoms with Crippen LogP contribution in [0.4, 0.5) is 4.39 Å². The van der Waals surface area contributed by atoms with Crippen LogP contribution < -0.4 is 5.73 Å². The third kappa shape index (κ3) is 5.14. The summed E-state index contributed by atoms with van der Waals surface area (Å²) >= 11 is 0. The number of hydrogen-bond donors (Lipinski definition) is 2. The van der Waals surface area contributed by atoms with Gasteiger partial charge in [0.15, 0.2) is 5.84 Å². The van der Waals surface area contributed by atoms with Gasteiger partial charge >= 0.3 is 0 Å². The summed E-state index contributed by atoms with van der Waals surface area (Å²) in [6.07, 6.45) is 0. The molecule has 112 valence electrons. The number of rotatable bonds is 6. The van der Waals surface area contributed by atoms with Crippen molar-refractivity contribution in [3.8, 4) is 0 Å². The van der Waals surface area contributed by atoms with Gasteiger partial charge in [0.2, 0.25) is 0 Å². The molecule has 0 atom stereocenters. The molecule has 0 aromatic heterocycles. The predicted molar refractivity (Wildman–Crippen MR) is 74.3 cm³/mol. The van der Waals surface area contributed by atoms with Crippen molar-refractivity contribution in [3.63, 3.8) is 0 Å². The number of halogens is 1. The standard InChI is InChI=1S/C14H21FN2O3/c1-14(2,3)20-8-7-19-9-10-5-4-6-11(12(10)15)13(16)17-18/h4-6,18H,7-9H2,1-3H3,(H2,16,17). The Morgan fingerprint density at radius 1 is 1.35 bits per heavy atom. The topological polar surface area (TPSA) is 77.1 Å². The van der Waals surface area contributed by atoms with Crippen LogP contribution in [0.3, 0.4) is 0 Å². The van der Waals surface area contributed by atoms with Crippen LogP contribution in [-0.2, 0) is 16.1 Å². The molecule has 1 aromatic carbocycles. The van der Waals surface area contributed by atoms with Gasteiger partial charge < -0.3 is 20.4 Å². The second kappa shape index (κ2) is 7.21. The van der Waals surface area contributed by atoms with Crippen LogP contribution >= 0.6 is 0 Å². The molecule has 0 fully saturated rings. The molecule has 0 bridgehead atoms. The zero-order valence-corrected chi connectivity index (χ0v) is 12.0. The number of nitrogens with zero attached hydrogens (tertiary/aromatic N) is 1. The highest BCUT2D eigenvalue weighted by atomic mass is 19.1. The third-order valence-corrected chi connectivity index (χ3v) is 2.48. The predicted octanol–water partition coefficient (Wildman–Crippen LogP) is 2.25. The summed E-state index contributed by atoms with van der Waals surface area (Å²) in [5, 5.41) is 11.4. The van der Waals surface area contributed by atoms with Gasteiger partial charge in [-0.15, -0.1) is 0 Å². The molecule has 1 aromatic rings. The summed E-state index contributed by atoms with van der Waals surface area (Å²) in [5.74, 6) is -0.806. The number of hydrogen-bond acceptors (Lipinski definition) is 4. The second-order valence-electron chi connectivity index (χ2n) is 5.28. The Morgan fingerprint density at radius 3 is 2.65 bits per heavy atom. The first-order chi connectivity index (χ1) is 9.35. The fourth-order valence-corrected chi connectivity index (χ4v) is 1.53. The normalized spacial score (nSPS) is 12.7. The van der Waals surface area contributed by atoms with Crippen LogP contribution in [0.15, 0.2) is 23.4 Å². The van der Waals surface area contributed by atoms with Crippen LogP contribution in [-0.4, -0.2) is 29.9 Å². The van der Waals surface area contributed by atoms with Gasteiger partial charge in [-0.05, 0) is 26.8 Å². The molecule has 20 heavy (non-hydrogen) atoms. The van der Waals surface area contributed by atoms with Crippen molar-refractivity contribution >= 4 is 5.84 Å². The van der Waals surface area contributed by atoms with Gasteiger partial charge in [0.05, 0.1) is 31.0 Å². The van der Waals surface area contributed by atoms with E-state index in [4.69, 9.17) is 20.4 Å². The van der Waals surface area contributed by atoms with Crippen molar-refractivity contribution in [3.05, 3.63) is 35.1 Å². The van der Waals surface area contributed by atoms with Crippen molar-refractivity contribution in [2.75, 3.05) is 13.2 Å². The highest BCUT2D eigenvalue weighted by Crippen LogP contribution is 2.14. The van der Waals surface area contributed by atoms with E-state index in [1.54, 1.807) is 12.1 Å². The lowest BCUT2D eigenvalue weighted by atomic mass is 10.1. The van der Waals surface area contributed by atoms with E-state index in [0.717, 1.165) is 0 Å². The van der Waals surface area contributed by atoms with E-state index in [1.165, 1.54) is 6.07 Å². The van der Waals surface area contributed by atoms with E-state index in [9.17, 15) is 4.39 Å². The van der Waals surface area contributed by atoms with Gasteiger partial charge in [-0.1, -0.05) is 17.3 Å². The summed E-state index contributed by atoms with van der Waals surface area (Å²) < 4.78 is 24.9. The van der Waals surface area contributed by atoms with Gasteiger partial charge in [-0.25, -0.2) is 4.39 Å². The number of benzene rings is 1. The maximum atomic E-state index is 14.0. The maximum Gasteiger partial charge on any atom is 0.173 e. The molecular formula is C14H21FN2O3. The van der Waals surface area contributed by atoms with Crippen molar-refractivity contribution in [1.82, 2.24) is 0 Å². The largest absolute Gasteiger partial charge is 0.409 e. The molecule has 6 heteroatoms. The van der Waals surface area contributed by atoms with E-state index in [1.807, 2.05) is 20.8 Å². The van der Waals surface area contributed by atoms with Crippen LogP contribution in [0.5, 0.6) is 0 Å². The lowest BCUT2D eigenvalue weighted by Crippen LogP contribution is -2.22. The Hall–Kier alpha value is -1.66. The monoisotopic (exact) mass is 284 g/mol. The van der Waals surface area contributed by atoms with Crippen molar-refractivity contribution in [2.45, 2.75) is 33.0 Å². The molecule has 0 aliphatic heterocycles. The highest BCUT2D eigenvalue weighted by Gasteiger charge is 2.12. The minimum Gasteiger partial charge on any atom is -0.409 e. The molecule has 0 spiro atoms. The molecule has 0 heterocycles. The average molecular weight is 284 g/mol. The molecule has 0 unspecified atom stereocenters. The Kier molecular flexibility index (Phi) is 5.91. The summed E-state index contributed by atoms with van der Waals surface area (Å²) in [5.41, 5.74) is 5.57. The zero-order valence-electron chi connectivity index (χ0n) is 12.0. The lowest BCUT2D eigenvalue weighted by Gasteiger charge is -2.19. The number of nitrogens with two attached hydrogens (primary N) is 1. The van der Waals surface area contributed by atoms with Gasteiger partial charge in [0.25, 0.3) is 0 Å². The van der Waals surface area contributed by atoms with Crippen LogP contribution in [0.25, 0.3) is 0 Å². The van der Waals surface area contributed by atoms with E-state index in [0.29, 0.717) is 18.8 Å². The summed E-state index contributed by atoms with van der Waals surface area (Å²) in [7, 11) is 0. The molecule has 0 radical (unpaired) electrons. The van der Waals surface area contributed by atoms with Crippen molar-refractivity contribution < 1.29 is 19.1 Å². The summed E-state index contributed by atoms with van der Waals surface area (Å²) in [6.45, 7) is 6.76. The SMILES string of the molecule is CC(C)(C)OCCOCc1cccc(/C(N)=N/O)c1F. The van der Waals surface area contributed by atoms with Gasteiger partial charge in [0, 0.05) is 5.56 Å². The highest BCUT2D eigenvalue weighted by molar-refractivity contribution is 5.97. The van der Waals surface area contributed by atoms with Crippen molar-refractivity contribution in [2.24, 2.45) is 10.9 Å². The molecule has 0 amide bonds. The minimum atomic E-state index is -0.542. The maximum absolute atomic E-state index is 14.0. The fraction of sp³-hybridized carbons (Fsp3) is 0.500. The number of ether oxygens (including phenoxy) is 2. The molecule has 0 saturated heterocycles. The zero-order chi connectivity index (χ0) is 15.2. The van der Waals surface area contributed by atoms with Gasteiger partial charge in [-0.2, -0.15) is 0 Å². The summed E-state index contributed by atoms with van der Waals surface area (Å²) in [6, 6.07) is 4.66. The second-order valence-corrected chi connectivity index (χ2v) is 5.28. The fourth-order valence-electron chi connectivity index (χ4n) is 1.53. The minimum absolute atomic E-state index is 0.0551. The molecule has 3 N–H and O–H groups in total. The lowest BCUT2D eigenvalue weighted by molar-refractivity contribution is -0.0379. The quantitative estimate of drug-likeness (QED) is 0.276. The Labute approximate surface area is 118 Å². The Morgan fingerprint density at radius 2 is 2.05 bits per heavy atom. The Bertz CT molecular complexity index is 470. The van der Waals surface area contributed by atoms with Gasteiger partial charge in [0.1, 0.15) is 5.82 Å². The Balaban J connectivity index is 2.53. The van der Waals surface area contributed by atoms with Crippen LogP contribution in [0, 0.1) is 5.82 Å². The van der Waals surface area contributed by atoms with Crippen LogP contribution in [0.1, 0.15) is 31.9 Å². The first kappa shape index (κ1) is 16.4. The molecular weight excluding hydrogens is 263 g/mol. The number of oxime groups is 1. The average Bonchev–Trinajstić information content (AvgIpc) is 2.38. The summed E-state index contributed by atoms with van der Waals surface area (Å²) in [4.78, 5) is 0. The molecule has 0 aliphatic rings. The van der Waals surface area contributed by atoms with E-state index in [2.05, 4.69) is 5.16 Å². The van der Waals surface area contributed by atoms with E-state index in [-0.39, 0.29) is 23.6 Å². The smallest absolute Gasteiger partial charge is 0.173 e. The number of amidine groups is 1. The molecule has 5 nitrogen and oxygen atoms in total.